The second-order valence-corrected chi connectivity index (χ2v) is 6.98. The Kier molecular flexibility index (Phi) is 3.60. The lowest BCUT2D eigenvalue weighted by atomic mass is 9.91. The lowest BCUT2D eigenvalue weighted by Crippen LogP contribution is -2.41. The minimum absolute atomic E-state index is 0.193. The molecular weight excluding hydrogens is 294 g/mol. The van der Waals surface area contributed by atoms with Crippen LogP contribution in [0.1, 0.15) is 29.8 Å². The summed E-state index contributed by atoms with van der Waals surface area (Å²) in [4.78, 5) is 20.2. The molecule has 0 unspecified atom stereocenters. The highest BCUT2D eigenvalue weighted by molar-refractivity contribution is 7.15. The van der Waals surface area contributed by atoms with Crippen LogP contribution >= 0.6 is 11.3 Å². The fourth-order valence-corrected chi connectivity index (χ4v) is 4.18. The van der Waals surface area contributed by atoms with Gasteiger partial charge in [-0.3, -0.25) is 4.90 Å². The van der Waals surface area contributed by atoms with Crippen molar-refractivity contribution in [3.8, 4) is 10.6 Å². The average Bonchev–Trinajstić information content (AvgIpc) is 2.82. The quantitative estimate of drug-likeness (QED) is 0.800. The monoisotopic (exact) mass is 311 g/mol. The molecule has 6 heteroatoms. The molecule has 2 aromatic heterocycles. The van der Waals surface area contributed by atoms with Gasteiger partial charge in [-0.2, -0.15) is 9.97 Å². The van der Waals surface area contributed by atoms with Crippen molar-refractivity contribution < 1.29 is 0 Å². The SMILES string of the molecule is [C-]#[N+]c1ncc(-c2nc3c(s2)CCN(C2CCC2)CC3)cn1. The predicted octanol–water partition coefficient (Wildman–Crippen LogP) is 3.10. The normalized spacial score (nSPS) is 19.0. The zero-order valence-electron chi connectivity index (χ0n) is 12.3. The Labute approximate surface area is 133 Å². The van der Waals surface area contributed by atoms with Crippen LogP contribution in [0.2, 0.25) is 0 Å². The van der Waals surface area contributed by atoms with Gasteiger partial charge >= 0.3 is 5.95 Å². The summed E-state index contributed by atoms with van der Waals surface area (Å²) >= 11 is 1.76. The predicted molar refractivity (Wildman–Crippen MR) is 86.0 cm³/mol. The average molecular weight is 311 g/mol. The van der Waals surface area contributed by atoms with E-state index >= 15 is 0 Å². The first kappa shape index (κ1) is 13.8. The third-order valence-corrected chi connectivity index (χ3v) is 5.82. The number of hydrogen-bond donors (Lipinski definition) is 0. The Bertz CT molecular complexity index is 686. The number of nitrogens with zero attached hydrogens (tertiary/aromatic N) is 5. The first-order valence-corrected chi connectivity index (χ1v) is 8.57. The van der Waals surface area contributed by atoms with Gasteiger partial charge in [-0.05, 0) is 19.3 Å². The molecule has 22 heavy (non-hydrogen) atoms. The lowest BCUT2D eigenvalue weighted by molar-refractivity contribution is 0.133. The number of hydrogen-bond acceptors (Lipinski definition) is 5. The van der Waals surface area contributed by atoms with Crippen molar-refractivity contribution in [2.75, 3.05) is 13.1 Å². The largest absolute Gasteiger partial charge is 0.394 e. The topological polar surface area (TPSA) is 46.3 Å². The van der Waals surface area contributed by atoms with Crippen LogP contribution in [-0.4, -0.2) is 39.0 Å². The summed E-state index contributed by atoms with van der Waals surface area (Å²) in [5.41, 5.74) is 2.16. The molecule has 0 N–H and O–H groups in total. The fourth-order valence-electron chi connectivity index (χ4n) is 3.11. The summed E-state index contributed by atoms with van der Waals surface area (Å²) in [6.45, 7) is 9.20. The van der Waals surface area contributed by atoms with Crippen LogP contribution in [0.5, 0.6) is 0 Å². The van der Waals surface area contributed by atoms with Gasteiger partial charge in [0.15, 0.2) is 0 Å². The van der Waals surface area contributed by atoms with Gasteiger partial charge in [0, 0.05) is 30.4 Å². The molecule has 0 bridgehead atoms. The van der Waals surface area contributed by atoms with Gasteiger partial charge in [0.25, 0.3) is 0 Å². The van der Waals surface area contributed by atoms with Crippen molar-refractivity contribution >= 4 is 17.3 Å². The van der Waals surface area contributed by atoms with Crippen LogP contribution in [0.4, 0.5) is 5.95 Å². The third-order valence-electron chi connectivity index (χ3n) is 4.62. The maximum absolute atomic E-state index is 6.91. The highest BCUT2D eigenvalue weighted by atomic mass is 32.1. The van der Waals surface area contributed by atoms with E-state index in [4.69, 9.17) is 11.6 Å². The van der Waals surface area contributed by atoms with E-state index in [-0.39, 0.29) is 5.95 Å². The summed E-state index contributed by atoms with van der Waals surface area (Å²) in [5, 5.41) is 0.985. The first-order valence-electron chi connectivity index (χ1n) is 7.76. The van der Waals surface area contributed by atoms with E-state index in [1.807, 2.05) is 0 Å². The van der Waals surface area contributed by atoms with Crippen LogP contribution in [-0.2, 0) is 12.8 Å². The van der Waals surface area contributed by atoms with Crippen molar-refractivity contribution in [1.82, 2.24) is 19.9 Å². The van der Waals surface area contributed by atoms with Crippen LogP contribution < -0.4 is 0 Å². The molecule has 112 valence electrons. The van der Waals surface area contributed by atoms with E-state index in [0.717, 1.165) is 42.5 Å². The maximum Gasteiger partial charge on any atom is 0.371 e. The van der Waals surface area contributed by atoms with E-state index in [9.17, 15) is 0 Å². The Morgan fingerprint density at radius 3 is 2.64 bits per heavy atom. The summed E-state index contributed by atoms with van der Waals surface area (Å²) in [7, 11) is 0. The molecular formula is C16H17N5S. The summed E-state index contributed by atoms with van der Waals surface area (Å²) in [6.07, 6.45) is 9.70. The minimum atomic E-state index is 0.193. The lowest BCUT2D eigenvalue weighted by Gasteiger charge is -2.36. The second kappa shape index (κ2) is 5.75. The molecule has 2 aromatic rings. The van der Waals surface area contributed by atoms with Crippen LogP contribution in [0.25, 0.3) is 15.4 Å². The Balaban J connectivity index is 1.53. The zero-order valence-corrected chi connectivity index (χ0v) is 13.1. The molecule has 1 fully saturated rings. The fraction of sp³-hybridized carbons (Fsp3) is 0.500. The number of fused-ring (bicyclic) bond motifs is 1. The van der Waals surface area contributed by atoms with Gasteiger partial charge in [0.05, 0.1) is 23.7 Å². The van der Waals surface area contributed by atoms with Gasteiger partial charge in [0.1, 0.15) is 5.01 Å². The van der Waals surface area contributed by atoms with E-state index in [2.05, 4.69) is 19.7 Å². The summed E-state index contributed by atoms with van der Waals surface area (Å²) in [6, 6.07) is 0.822. The van der Waals surface area contributed by atoms with Crippen LogP contribution in [0.3, 0.4) is 0 Å². The summed E-state index contributed by atoms with van der Waals surface area (Å²) < 4.78 is 0. The number of thiazole rings is 1. The van der Waals surface area contributed by atoms with Crippen LogP contribution in [0.15, 0.2) is 12.4 Å². The molecule has 2 aliphatic rings. The van der Waals surface area contributed by atoms with Crippen LogP contribution in [0, 0.1) is 6.57 Å². The highest BCUT2D eigenvalue weighted by Crippen LogP contribution is 2.32. The highest BCUT2D eigenvalue weighted by Gasteiger charge is 2.27. The molecule has 0 saturated heterocycles. The molecule has 1 aliphatic carbocycles. The Morgan fingerprint density at radius 2 is 1.95 bits per heavy atom. The maximum atomic E-state index is 6.91. The van der Waals surface area contributed by atoms with Gasteiger partial charge in [-0.25, -0.2) is 4.98 Å². The van der Waals surface area contributed by atoms with Crippen molar-refractivity contribution in [2.45, 2.75) is 38.1 Å². The molecule has 1 aliphatic heterocycles. The molecule has 5 nitrogen and oxygen atoms in total. The van der Waals surface area contributed by atoms with Gasteiger partial charge in [0.2, 0.25) is 0 Å². The molecule has 0 radical (unpaired) electrons. The standard InChI is InChI=1S/C16H17N5S/c1-17-16-18-9-11(10-19-16)15-20-13-5-7-21(12-3-2-4-12)8-6-14(13)22-15/h9-10,12H,2-8H2. The molecule has 0 spiro atoms. The molecule has 0 aromatic carbocycles. The van der Waals surface area contributed by atoms with Gasteiger partial charge in [-0.1, -0.05) is 6.42 Å². The van der Waals surface area contributed by atoms with Crippen molar-refractivity contribution in [1.29, 1.82) is 0 Å². The Hall–Kier alpha value is -1.84. The number of aromatic nitrogens is 3. The van der Waals surface area contributed by atoms with E-state index in [1.165, 1.54) is 29.8 Å². The van der Waals surface area contributed by atoms with Crippen molar-refractivity contribution in [3.63, 3.8) is 0 Å². The first-order chi connectivity index (χ1) is 10.8. The van der Waals surface area contributed by atoms with Gasteiger partial charge < -0.3 is 4.85 Å². The van der Waals surface area contributed by atoms with Gasteiger partial charge in [-0.15, -0.1) is 17.9 Å². The van der Waals surface area contributed by atoms with E-state index in [0.29, 0.717) is 0 Å². The summed E-state index contributed by atoms with van der Waals surface area (Å²) in [5.74, 6) is 0.193. The molecule has 0 atom stereocenters. The van der Waals surface area contributed by atoms with Crippen molar-refractivity contribution in [2.24, 2.45) is 0 Å². The zero-order chi connectivity index (χ0) is 14.9. The number of rotatable bonds is 2. The molecule has 4 rings (SSSR count). The second-order valence-electron chi connectivity index (χ2n) is 5.89. The Morgan fingerprint density at radius 1 is 1.18 bits per heavy atom. The molecule has 1 saturated carbocycles. The van der Waals surface area contributed by atoms with E-state index < -0.39 is 0 Å². The molecule has 0 amide bonds. The minimum Gasteiger partial charge on any atom is -0.394 e. The molecule has 3 heterocycles. The smallest absolute Gasteiger partial charge is 0.371 e. The van der Waals surface area contributed by atoms with E-state index in [1.54, 1.807) is 23.7 Å². The third kappa shape index (κ3) is 2.51. The van der Waals surface area contributed by atoms with Crippen molar-refractivity contribution in [3.05, 3.63) is 34.4 Å².